The molecular weight excluding hydrogens is 262 g/mol. The molecule has 0 aliphatic rings. The second-order valence-electron chi connectivity index (χ2n) is 5.04. The van der Waals surface area contributed by atoms with Crippen LogP contribution < -0.4 is 10.2 Å². The van der Waals surface area contributed by atoms with Crippen molar-refractivity contribution in [1.29, 1.82) is 0 Å². The lowest BCUT2D eigenvalue weighted by molar-refractivity contribution is 0.602. The minimum absolute atomic E-state index is 0.774. The fraction of sp³-hybridized carbons (Fsp3) is 0.500. The molecule has 0 aliphatic heterocycles. The fourth-order valence-electron chi connectivity index (χ4n) is 2.28. The first kappa shape index (κ1) is 15.4. The van der Waals surface area contributed by atoms with Crippen LogP contribution in [0.1, 0.15) is 32.8 Å². The molecule has 21 heavy (non-hydrogen) atoms. The van der Waals surface area contributed by atoms with Gasteiger partial charge in [-0.3, -0.25) is 4.68 Å². The van der Waals surface area contributed by atoms with E-state index >= 15 is 0 Å². The van der Waals surface area contributed by atoms with Crippen LogP contribution in [0.15, 0.2) is 30.7 Å². The number of rotatable bonds is 8. The van der Waals surface area contributed by atoms with Gasteiger partial charge in [0.15, 0.2) is 0 Å². The van der Waals surface area contributed by atoms with Gasteiger partial charge in [0.25, 0.3) is 0 Å². The summed E-state index contributed by atoms with van der Waals surface area (Å²) in [6.07, 6.45) is 7.00. The molecule has 0 atom stereocenters. The third kappa shape index (κ3) is 4.21. The van der Waals surface area contributed by atoms with Crippen molar-refractivity contribution in [3.63, 3.8) is 0 Å². The summed E-state index contributed by atoms with van der Waals surface area (Å²) in [5.41, 5.74) is 2.23. The Morgan fingerprint density at radius 3 is 2.57 bits per heavy atom. The highest BCUT2D eigenvalue weighted by molar-refractivity contribution is 5.48. The van der Waals surface area contributed by atoms with Crippen LogP contribution in [-0.2, 0) is 13.1 Å². The topological polar surface area (TPSA) is 46.0 Å². The Hall–Kier alpha value is -2.04. The highest BCUT2D eigenvalue weighted by Crippen LogP contribution is 2.14. The van der Waals surface area contributed by atoms with Crippen molar-refractivity contribution in [1.82, 2.24) is 14.8 Å². The third-order valence-electron chi connectivity index (χ3n) is 3.47. The van der Waals surface area contributed by atoms with Crippen molar-refractivity contribution >= 4 is 11.5 Å². The Morgan fingerprint density at radius 1 is 1.14 bits per heavy atom. The lowest BCUT2D eigenvalue weighted by atomic mass is 10.3. The van der Waals surface area contributed by atoms with Crippen molar-refractivity contribution < 1.29 is 0 Å². The van der Waals surface area contributed by atoms with Crippen LogP contribution >= 0.6 is 0 Å². The molecule has 2 aromatic rings. The summed E-state index contributed by atoms with van der Waals surface area (Å²) in [6.45, 7) is 10.1. The number of aryl methyl sites for hydroxylation is 1. The fourth-order valence-corrected chi connectivity index (χ4v) is 2.28. The number of pyridine rings is 1. The van der Waals surface area contributed by atoms with E-state index in [1.807, 2.05) is 17.1 Å². The molecule has 0 unspecified atom stereocenters. The van der Waals surface area contributed by atoms with Gasteiger partial charge in [-0.05, 0) is 32.4 Å². The quantitative estimate of drug-likeness (QED) is 0.810. The van der Waals surface area contributed by atoms with Gasteiger partial charge in [0.2, 0.25) is 0 Å². The summed E-state index contributed by atoms with van der Waals surface area (Å²) in [7, 11) is 0. The number of hydrogen-bond acceptors (Lipinski definition) is 4. The molecule has 5 nitrogen and oxygen atoms in total. The van der Waals surface area contributed by atoms with Crippen molar-refractivity contribution in [3.8, 4) is 0 Å². The molecule has 1 N–H and O–H groups in total. The zero-order valence-corrected chi connectivity index (χ0v) is 13.2. The van der Waals surface area contributed by atoms with Crippen LogP contribution in [0.3, 0.4) is 0 Å². The molecule has 2 aromatic heterocycles. The molecule has 0 aliphatic carbocycles. The second kappa shape index (κ2) is 7.67. The first-order valence-corrected chi connectivity index (χ1v) is 7.73. The molecule has 0 bridgehead atoms. The predicted octanol–water partition coefficient (Wildman–Crippen LogP) is 3.15. The van der Waals surface area contributed by atoms with E-state index in [-0.39, 0.29) is 0 Å². The molecule has 0 spiro atoms. The summed E-state index contributed by atoms with van der Waals surface area (Å²) in [4.78, 5) is 6.74. The van der Waals surface area contributed by atoms with Crippen LogP contribution in [-0.4, -0.2) is 27.9 Å². The van der Waals surface area contributed by atoms with E-state index in [1.54, 1.807) is 0 Å². The average Bonchev–Trinajstić information content (AvgIpc) is 2.96. The second-order valence-corrected chi connectivity index (χ2v) is 5.04. The summed E-state index contributed by atoms with van der Waals surface area (Å²) in [6, 6.07) is 4.15. The molecule has 0 fully saturated rings. The summed E-state index contributed by atoms with van der Waals surface area (Å²) < 4.78 is 1.98. The Bertz CT molecular complexity index is 528. The van der Waals surface area contributed by atoms with Gasteiger partial charge in [-0.15, -0.1) is 0 Å². The van der Waals surface area contributed by atoms with Crippen LogP contribution in [0.25, 0.3) is 0 Å². The molecule has 2 heterocycles. The molecule has 0 amide bonds. The van der Waals surface area contributed by atoms with Gasteiger partial charge in [-0.25, -0.2) is 4.98 Å². The lowest BCUT2D eigenvalue weighted by Gasteiger charge is -2.19. The molecule has 0 aromatic carbocycles. The molecular formula is C16H25N5. The zero-order chi connectivity index (χ0) is 15.1. The van der Waals surface area contributed by atoms with E-state index in [2.05, 4.69) is 59.4 Å². The van der Waals surface area contributed by atoms with E-state index in [4.69, 9.17) is 0 Å². The van der Waals surface area contributed by atoms with Gasteiger partial charge in [0.05, 0.1) is 18.1 Å². The van der Waals surface area contributed by atoms with E-state index in [0.717, 1.165) is 44.1 Å². The van der Waals surface area contributed by atoms with E-state index < -0.39 is 0 Å². The maximum absolute atomic E-state index is 4.51. The van der Waals surface area contributed by atoms with Gasteiger partial charge < -0.3 is 10.2 Å². The van der Waals surface area contributed by atoms with Crippen molar-refractivity contribution in [2.75, 3.05) is 23.3 Å². The van der Waals surface area contributed by atoms with E-state index in [9.17, 15) is 0 Å². The number of hydrogen-bond donors (Lipinski definition) is 1. The number of aromatic nitrogens is 3. The van der Waals surface area contributed by atoms with Crippen LogP contribution in [0, 0.1) is 0 Å². The standard InChI is InChI=1S/C16H25N5/c1-4-9-21-13-14(11-19-21)10-17-15-7-8-16(18-12-15)20(5-2)6-3/h7-8,11-13,17H,4-6,9-10H2,1-3H3. The number of nitrogens with one attached hydrogen (secondary N) is 1. The van der Waals surface area contributed by atoms with Gasteiger partial charge in [-0.1, -0.05) is 6.92 Å². The Labute approximate surface area is 127 Å². The average molecular weight is 287 g/mol. The van der Waals surface area contributed by atoms with E-state index in [0.29, 0.717) is 0 Å². The van der Waals surface area contributed by atoms with Crippen molar-refractivity contribution in [2.45, 2.75) is 40.3 Å². The lowest BCUT2D eigenvalue weighted by Crippen LogP contribution is -2.22. The van der Waals surface area contributed by atoms with Gasteiger partial charge >= 0.3 is 0 Å². The van der Waals surface area contributed by atoms with Crippen molar-refractivity contribution in [3.05, 3.63) is 36.3 Å². The van der Waals surface area contributed by atoms with Crippen LogP contribution in [0.5, 0.6) is 0 Å². The number of nitrogens with zero attached hydrogens (tertiary/aromatic N) is 4. The maximum Gasteiger partial charge on any atom is 0.128 e. The monoisotopic (exact) mass is 287 g/mol. The first-order chi connectivity index (χ1) is 10.3. The molecule has 0 saturated heterocycles. The molecule has 0 saturated carbocycles. The normalized spacial score (nSPS) is 10.6. The highest BCUT2D eigenvalue weighted by Gasteiger charge is 2.03. The highest BCUT2D eigenvalue weighted by atomic mass is 15.3. The largest absolute Gasteiger partial charge is 0.380 e. The third-order valence-corrected chi connectivity index (χ3v) is 3.47. The number of anilines is 2. The SMILES string of the molecule is CCCn1cc(CNc2ccc(N(CC)CC)nc2)cn1. The minimum Gasteiger partial charge on any atom is -0.380 e. The summed E-state index contributed by atoms with van der Waals surface area (Å²) in [5.74, 6) is 1.03. The minimum atomic E-state index is 0.774. The summed E-state index contributed by atoms with van der Waals surface area (Å²) in [5, 5.41) is 7.72. The summed E-state index contributed by atoms with van der Waals surface area (Å²) >= 11 is 0. The van der Waals surface area contributed by atoms with Crippen LogP contribution in [0.2, 0.25) is 0 Å². The molecule has 2 rings (SSSR count). The molecule has 0 radical (unpaired) electrons. The maximum atomic E-state index is 4.51. The van der Waals surface area contributed by atoms with Gasteiger partial charge in [0.1, 0.15) is 5.82 Å². The smallest absolute Gasteiger partial charge is 0.128 e. The van der Waals surface area contributed by atoms with E-state index in [1.165, 1.54) is 5.56 Å². The van der Waals surface area contributed by atoms with Gasteiger partial charge in [0, 0.05) is 37.9 Å². The predicted molar refractivity (Wildman–Crippen MR) is 87.6 cm³/mol. The Balaban J connectivity index is 1.90. The van der Waals surface area contributed by atoms with Gasteiger partial charge in [-0.2, -0.15) is 5.10 Å². The molecule has 114 valence electrons. The Kier molecular flexibility index (Phi) is 5.60. The van der Waals surface area contributed by atoms with Crippen LogP contribution in [0.4, 0.5) is 11.5 Å². The zero-order valence-electron chi connectivity index (χ0n) is 13.2. The first-order valence-electron chi connectivity index (χ1n) is 7.73. The molecule has 5 heteroatoms. The van der Waals surface area contributed by atoms with Crippen molar-refractivity contribution in [2.24, 2.45) is 0 Å². The Morgan fingerprint density at radius 2 is 1.95 bits per heavy atom.